The first-order chi connectivity index (χ1) is 14.1. The van der Waals surface area contributed by atoms with Crippen molar-refractivity contribution in [3.8, 4) is 0 Å². The molecule has 0 unspecified atom stereocenters. The summed E-state index contributed by atoms with van der Waals surface area (Å²) in [4.78, 5) is 40.0. The van der Waals surface area contributed by atoms with Crippen LogP contribution in [0.2, 0.25) is 5.02 Å². The predicted molar refractivity (Wildman–Crippen MR) is 107 cm³/mol. The van der Waals surface area contributed by atoms with E-state index in [2.05, 4.69) is 0 Å². The van der Waals surface area contributed by atoms with Crippen LogP contribution in [0, 0.1) is 23.7 Å². The molecule has 0 radical (unpaired) electrons. The highest BCUT2D eigenvalue weighted by Crippen LogP contribution is 2.52. The summed E-state index contributed by atoms with van der Waals surface area (Å²) in [7, 11) is 0. The summed E-state index contributed by atoms with van der Waals surface area (Å²) < 4.78 is 0. The van der Waals surface area contributed by atoms with Crippen molar-refractivity contribution >= 4 is 29.3 Å². The number of amides is 3. The Bertz CT molecular complexity index is 1010. The summed E-state index contributed by atoms with van der Waals surface area (Å²) in [5.41, 5.74) is 1.09. The molecule has 2 bridgehead atoms. The van der Waals surface area contributed by atoms with Crippen LogP contribution in [0.25, 0.3) is 0 Å². The molecule has 3 amide bonds. The maximum Gasteiger partial charge on any atom is 0.274 e. The first kappa shape index (κ1) is 18.1. The number of carbonyl (C=O) groups is 3. The van der Waals surface area contributed by atoms with Crippen LogP contribution in [0.4, 0.5) is 0 Å². The van der Waals surface area contributed by atoms with Crippen molar-refractivity contribution < 1.29 is 14.4 Å². The second-order valence-corrected chi connectivity index (χ2v) is 8.22. The van der Waals surface area contributed by atoms with E-state index in [4.69, 9.17) is 11.6 Å². The third-order valence-electron chi connectivity index (χ3n) is 6.20. The fourth-order valence-corrected chi connectivity index (χ4v) is 5.10. The molecule has 29 heavy (non-hydrogen) atoms. The zero-order chi connectivity index (χ0) is 20.1. The van der Waals surface area contributed by atoms with Crippen molar-refractivity contribution in [1.29, 1.82) is 0 Å². The smallest absolute Gasteiger partial charge is 0.272 e. The maximum absolute atomic E-state index is 13.4. The van der Waals surface area contributed by atoms with Gasteiger partial charge in [0.15, 0.2) is 0 Å². The van der Waals surface area contributed by atoms with Crippen molar-refractivity contribution in [3.63, 3.8) is 0 Å². The number of rotatable bonds is 4. The molecule has 5 nitrogen and oxygen atoms in total. The zero-order valence-electron chi connectivity index (χ0n) is 15.6. The van der Waals surface area contributed by atoms with Gasteiger partial charge in [-0.1, -0.05) is 66.2 Å². The van der Waals surface area contributed by atoms with Crippen molar-refractivity contribution in [2.45, 2.75) is 13.0 Å². The van der Waals surface area contributed by atoms with E-state index in [9.17, 15) is 14.4 Å². The highest BCUT2D eigenvalue weighted by Gasteiger charge is 2.61. The van der Waals surface area contributed by atoms with E-state index >= 15 is 0 Å². The molecule has 2 aromatic rings. The van der Waals surface area contributed by atoms with E-state index in [1.54, 1.807) is 24.3 Å². The minimum atomic E-state index is -0.457. The van der Waals surface area contributed by atoms with Crippen molar-refractivity contribution in [2.75, 3.05) is 0 Å². The van der Waals surface area contributed by atoms with Gasteiger partial charge in [-0.3, -0.25) is 14.4 Å². The summed E-state index contributed by atoms with van der Waals surface area (Å²) in [5, 5.41) is 2.63. The number of hydrazine groups is 1. The predicted octanol–water partition coefficient (Wildman–Crippen LogP) is 3.70. The van der Waals surface area contributed by atoms with E-state index in [0.717, 1.165) is 17.0 Å². The summed E-state index contributed by atoms with van der Waals surface area (Å²) >= 11 is 6.25. The molecule has 1 saturated heterocycles. The topological polar surface area (TPSA) is 57.7 Å². The molecule has 1 aliphatic heterocycles. The Morgan fingerprint density at radius 2 is 1.52 bits per heavy atom. The largest absolute Gasteiger partial charge is 0.274 e. The molecule has 2 aliphatic carbocycles. The lowest BCUT2D eigenvalue weighted by molar-refractivity contribution is -0.156. The zero-order valence-corrected chi connectivity index (χ0v) is 16.3. The molecular formula is C23H19ClN2O3. The van der Waals surface area contributed by atoms with Crippen LogP contribution in [0.15, 0.2) is 66.7 Å². The minimum absolute atomic E-state index is 0.0837. The number of imide groups is 1. The van der Waals surface area contributed by atoms with Gasteiger partial charge in [0.1, 0.15) is 0 Å². The molecule has 2 fully saturated rings. The average Bonchev–Trinajstić information content (AvgIpc) is 3.41. The quantitative estimate of drug-likeness (QED) is 0.574. The number of hydrogen-bond donors (Lipinski definition) is 0. The molecule has 4 atom stereocenters. The van der Waals surface area contributed by atoms with Crippen molar-refractivity contribution in [2.24, 2.45) is 23.7 Å². The van der Waals surface area contributed by atoms with Gasteiger partial charge in [0.25, 0.3) is 17.7 Å². The maximum atomic E-state index is 13.4. The Kier molecular flexibility index (Phi) is 4.28. The van der Waals surface area contributed by atoms with Gasteiger partial charge in [-0.25, -0.2) is 5.01 Å². The molecule has 1 heterocycles. The number of benzene rings is 2. The Hall–Kier alpha value is -2.92. The molecule has 0 N–H and O–H groups in total. The third kappa shape index (κ3) is 2.80. The summed E-state index contributed by atoms with van der Waals surface area (Å²) in [6, 6.07) is 16.0. The Morgan fingerprint density at radius 3 is 2.14 bits per heavy atom. The van der Waals surface area contributed by atoms with Gasteiger partial charge in [0.2, 0.25) is 0 Å². The fourth-order valence-electron chi connectivity index (χ4n) is 4.89. The Labute approximate surface area is 173 Å². The van der Waals surface area contributed by atoms with E-state index < -0.39 is 5.91 Å². The van der Waals surface area contributed by atoms with Crippen LogP contribution < -0.4 is 0 Å². The van der Waals surface area contributed by atoms with Crippen molar-refractivity contribution in [1.82, 2.24) is 10.0 Å². The standard InChI is InChI=1S/C23H19ClN2O3/c24-18-9-5-4-8-17(18)21(27)25(13-14-6-2-1-3-7-14)26-22(28)19-15-10-11-16(12-15)20(19)23(26)29/h1-11,15-16,19-20H,12-13H2/t15-,16-,19-,20-/m0/s1. The molecule has 146 valence electrons. The van der Waals surface area contributed by atoms with Gasteiger partial charge >= 0.3 is 0 Å². The molecule has 0 aromatic heterocycles. The van der Waals surface area contributed by atoms with Crippen LogP contribution in [0.1, 0.15) is 22.3 Å². The van der Waals surface area contributed by atoms with Gasteiger partial charge in [0, 0.05) is 0 Å². The van der Waals surface area contributed by atoms with Gasteiger partial charge < -0.3 is 0 Å². The molecule has 0 spiro atoms. The number of allylic oxidation sites excluding steroid dienone is 2. The average molecular weight is 407 g/mol. The number of fused-ring (bicyclic) bond motifs is 5. The molecule has 6 heteroatoms. The first-order valence-electron chi connectivity index (χ1n) is 9.72. The summed E-state index contributed by atoms with van der Waals surface area (Å²) in [6.07, 6.45) is 4.92. The number of hydrogen-bond acceptors (Lipinski definition) is 3. The lowest BCUT2D eigenvalue weighted by Crippen LogP contribution is -2.50. The lowest BCUT2D eigenvalue weighted by atomic mass is 9.85. The van der Waals surface area contributed by atoms with E-state index in [0.29, 0.717) is 0 Å². The van der Waals surface area contributed by atoms with Gasteiger partial charge in [-0.05, 0) is 36.0 Å². The van der Waals surface area contributed by atoms with Crippen LogP contribution in [-0.2, 0) is 16.1 Å². The van der Waals surface area contributed by atoms with Crippen LogP contribution in [-0.4, -0.2) is 27.7 Å². The summed E-state index contributed by atoms with van der Waals surface area (Å²) in [6.45, 7) is 0.116. The van der Waals surface area contributed by atoms with Gasteiger partial charge in [-0.2, -0.15) is 5.01 Å². The fraction of sp³-hybridized carbons (Fsp3) is 0.261. The van der Waals surface area contributed by atoms with Crippen LogP contribution in [0.3, 0.4) is 0 Å². The second-order valence-electron chi connectivity index (χ2n) is 7.82. The van der Waals surface area contributed by atoms with Crippen LogP contribution in [0.5, 0.6) is 0 Å². The lowest BCUT2D eigenvalue weighted by Gasteiger charge is -2.31. The molecule has 1 saturated carbocycles. The first-order valence-corrected chi connectivity index (χ1v) is 10.1. The van der Waals surface area contributed by atoms with Gasteiger partial charge in [-0.15, -0.1) is 0 Å². The van der Waals surface area contributed by atoms with E-state index in [1.165, 1.54) is 5.01 Å². The Morgan fingerprint density at radius 1 is 0.931 bits per heavy atom. The number of carbonyl (C=O) groups excluding carboxylic acids is 3. The van der Waals surface area contributed by atoms with Crippen molar-refractivity contribution in [3.05, 3.63) is 82.9 Å². The monoisotopic (exact) mass is 406 g/mol. The minimum Gasteiger partial charge on any atom is -0.272 e. The molecule has 5 rings (SSSR count). The molecule has 3 aliphatic rings. The van der Waals surface area contributed by atoms with Crippen LogP contribution >= 0.6 is 11.6 Å². The highest BCUT2D eigenvalue weighted by molar-refractivity contribution is 6.33. The number of nitrogens with zero attached hydrogens (tertiary/aromatic N) is 2. The second kappa shape index (κ2) is 6.85. The van der Waals surface area contributed by atoms with E-state index in [1.807, 2.05) is 42.5 Å². The van der Waals surface area contributed by atoms with Gasteiger partial charge in [0.05, 0.1) is 29.0 Å². The molecule has 2 aromatic carbocycles. The summed E-state index contributed by atoms with van der Waals surface area (Å²) in [5.74, 6) is -1.59. The Balaban J connectivity index is 1.54. The van der Waals surface area contributed by atoms with E-state index in [-0.39, 0.29) is 52.6 Å². The highest BCUT2D eigenvalue weighted by atomic mass is 35.5. The third-order valence-corrected chi connectivity index (χ3v) is 6.53. The SMILES string of the molecule is O=C(c1ccccc1Cl)N(Cc1ccccc1)N1C(=O)[C@@H]2[C@@H](C1=O)[C@H]1C=C[C@H]2C1. The normalized spacial score (nSPS) is 26.9. The number of halogens is 1. The molecular weight excluding hydrogens is 388 g/mol.